The van der Waals surface area contributed by atoms with Crippen LogP contribution in [0.1, 0.15) is 12.8 Å². The van der Waals surface area contributed by atoms with Crippen LogP contribution in [0.25, 0.3) is 11.3 Å². The first-order valence-corrected chi connectivity index (χ1v) is 8.08. The van der Waals surface area contributed by atoms with Crippen LogP contribution < -0.4 is 0 Å². The fraction of sp³-hybridized carbons (Fsp3) is 0.286. The summed E-state index contributed by atoms with van der Waals surface area (Å²) in [5.74, 6) is -1.16. The molecule has 0 spiro atoms. The van der Waals surface area contributed by atoms with Gasteiger partial charge in [0.1, 0.15) is 0 Å². The van der Waals surface area contributed by atoms with Gasteiger partial charge in [0.15, 0.2) is 9.84 Å². The Morgan fingerprint density at radius 1 is 1.33 bits per heavy atom. The molecule has 6 nitrogen and oxygen atoms in total. The van der Waals surface area contributed by atoms with Gasteiger partial charge in [-0.3, -0.25) is 9.48 Å². The standard InChI is InChI=1S/C14H16N2O4S/c1-16-13(7-8-15-16)11-4-2-5-12(10-11)21(19,20)9-3-6-14(17)18/h2,4-5,7-8,10H,3,6,9H2,1H3,(H,17,18). The number of hydrogen-bond acceptors (Lipinski definition) is 4. The zero-order valence-corrected chi connectivity index (χ0v) is 12.4. The highest BCUT2D eigenvalue weighted by Crippen LogP contribution is 2.22. The van der Waals surface area contributed by atoms with Crippen LogP contribution in [0.15, 0.2) is 41.4 Å². The molecule has 1 aromatic carbocycles. The number of carbonyl (C=O) groups is 1. The Morgan fingerprint density at radius 3 is 2.71 bits per heavy atom. The van der Waals surface area contributed by atoms with Crippen LogP contribution in [0.4, 0.5) is 0 Å². The SMILES string of the molecule is Cn1nccc1-c1cccc(S(=O)(=O)CCCC(=O)O)c1. The van der Waals surface area contributed by atoms with Gasteiger partial charge >= 0.3 is 5.97 Å². The second-order valence-electron chi connectivity index (χ2n) is 4.68. The highest BCUT2D eigenvalue weighted by molar-refractivity contribution is 7.91. The molecule has 0 saturated carbocycles. The van der Waals surface area contributed by atoms with Crippen molar-refractivity contribution in [3.8, 4) is 11.3 Å². The number of hydrogen-bond donors (Lipinski definition) is 1. The molecule has 112 valence electrons. The Bertz CT molecular complexity index is 750. The third kappa shape index (κ3) is 3.69. The summed E-state index contributed by atoms with van der Waals surface area (Å²) in [4.78, 5) is 10.7. The van der Waals surface area contributed by atoms with Crippen molar-refractivity contribution >= 4 is 15.8 Å². The Hall–Kier alpha value is -2.15. The molecule has 0 radical (unpaired) electrons. The second-order valence-corrected chi connectivity index (χ2v) is 6.79. The van der Waals surface area contributed by atoms with Crippen LogP contribution in [0.2, 0.25) is 0 Å². The van der Waals surface area contributed by atoms with E-state index in [1.54, 1.807) is 36.1 Å². The van der Waals surface area contributed by atoms with Crippen LogP contribution in [-0.2, 0) is 21.7 Å². The Morgan fingerprint density at radius 2 is 2.10 bits per heavy atom. The number of sulfone groups is 1. The summed E-state index contributed by atoms with van der Waals surface area (Å²) in [5, 5.41) is 12.6. The first-order chi connectivity index (χ1) is 9.90. The molecule has 0 aliphatic rings. The van der Waals surface area contributed by atoms with Crippen molar-refractivity contribution in [1.29, 1.82) is 0 Å². The number of rotatable bonds is 6. The lowest BCUT2D eigenvalue weighted by molar-refractivity contribution is -0.137. The van der Waals surface area contributed by atoms with Gasteiger partial charge in [0.05, 0.1) is 16.3 Å². The largest absolute Gasteiger partial charge is 0.481 e. The maximum absolute atomic E-state index is 12.2. The monoisotopic (exact) mass is 308 g/mol. The van der Waals surface area contributed by atoms with Gasteiger partial charge in [-0.1, -0.05) is 12.1 Å². The first kappa shape index (κ1) is 15.2. The molecule has 1 heterocycles. The lowest BCUT2D eigenvalue weighted by Gasteiger charge is -2.07. The molecule has 0 amide bonds. The van der Waals surface area contributed by atoms with Crippen molar-refractivity contribution in [2.24, 2.45) is 7.05 Å². The molecule has 1 aromatic heterocycles. The minimum atomic E-state index is -3.48. The number of carboxylic acid groups (broad SMARTS) is 1. The minimum absolute atomic E-state index is 0.105. The molecule has 0 bridgehead atoms. The van der Waals surface area contributed by atoms with Crippen molar-refractivity contribution in [3.05, 3.63) is 36.5 Å². The van der Waals surface area contributed by atoms with Crippen LogP contribution in [0.5, 0.6) is 0 Å². The van der Waals surface area contributed by atoms with E-state index in [0.29, 0.717) is 0 Å². The molecule has 0 unspecified atom stereocenters. The van der Waals surface area contributed by atoms with Gasteiger partial charge in [-0.15, -0.1) is 0 Å². The van der Waals surface area contributed by atoms with Gasteiger partial charge in [0.2, 0.25) is 0 Å². The van der Waals surface area contributed by atoms with Crippen molar-refractivity contribution in [3.63, 3.8) is 0 Å². The zero-order chi connectivity index (χ0) is 15.5. The van der Waals surface area contributed by atoms with Crippen molar-refractivity contribution in [2.75, 3.05) is 5.75 Å². The summed E-state index contributed by atoms with van der Waals surface area (Å²) in [6.45, 7) is 0. The first-order valence-electron chi connectivity index (χ1n) is 6.43. The number of aryl methyl sites for hydroxylation is 1. The number of carboxylic acids is 1. The number of nitrogens with zero attached hydrogens (tertiary/aromatic N) is 2. The summed E-state index contributed by atoms with van der Waals surface area (Å²) < 4.78 is 26.1. The highest BCUT2D eigenvalue weighted by Gasteiger charge is 2.16. The van der Waals surface area contributed by atoms with Gasteiger partial charge in [-0.25, -0.2) is 8.42 Å². The fourth-order valence-electron chi connectivity index (χ4n) is 2.04. The molecule has 0 saturated heterocycles. The lowest BCUT2D eigenvalue weighted by atomic mass is 10.1. The second kappa shape index (κ2) is 6.09. The summed E-state index contributed by atoms with van der Waals surface area (Å²) in [5.41, 5.74) is 1.58. The third-order valence-corrected chi connectivity index (χ3v) is 4.91. The van der Waals surface area contributed by atoms with Crippen molar-refractivity contribution in [1.82, 2.24) is 9.78 Å². The fourth-order valence-corrected chi connectivity index (χ4v) is 3.39. The van der Waals surface area contributed by atoms with E-state index < -0.39 is 15.8 Å². The Labute approximate surface area is 123 Å². The predicted octanol–water partition coefficient (Wildman–Crippen LogP) is 1.73. The average molecular weight is 308 g/mol. The lowest BCUT2D eigenvalue weighted by Crippen LogP contribution is -2.09. The topological polar surface area (TPSA) is 89.3 Å². The molecule has 7 heteroatoms. The van der Waals surface area contributed by atoms with E-state index in [0.717, 1.165) is 11.3 Å². The van der Waals surface area contributed by atoms with Crippen LogP contribution in [0.3, 0.4) is 0 Å². The molecule has 0 atom stereocenters. The molecule has 0 aliphatic heterocycles. The van der Waals surface area contributed by atoms with Gasteiger partial charge in [0.25, 0.3) is 0 Å². The quantitative estimate of drug-likeness (QED) is 0.877. The predicted molar refractivity (Wildman–Crippen MR) is 77.6 cm³/mol. The van der Waals surface area contributed by atoms with Crippen LogP contribution >= 0.6 is 0 Å². The van der Waals surface area contributed by atoms with Gasteiger partial charge in [-0.05, 0) is 24.6 Å². The van der Waals surface area contributed by atoms with Gasteiger partial charge < -0.3 is 5.11 Å². The molecule has 0 fully saturated rings. The van der Waals surface area contributed by atoms with E-state index >= 15 is 0 Å². The van der Waals surface area contributed by atoms with E-state index in [4.69, 9.17) is 5.11 Å². The summed E-state index contributed by atoms with van der Waals surface area (Å²) in [6, 6.07) is 8.40. The Kier molecular flexibility index (Phi) is 4.42. The molecule has 2 aromatic rings. The summed E-state index contributed by atoms with van der Waals surface area (Å²) in [6.07, 6.45) is 1.59. The van der Waals surface area contributed by atoms with E-state index in [1.165, 1.54) is 6.07 Å². The maximum atomic E-state index is 12.2. The van der Waals surface area contributed by atoms with E-state index in [-0.39, 0.29) is 23.5 Å². The average Bonchev–Trinajstić information content (AvgIpc) is 2.84. The summed E-state index contributed by atoms with van der Waals surface area (Å²) in [7, 11) is -1.69. The van der Waals surface area contributed by atoms with Crippen molar-refractivity contribution < 1.29 is 18.3 Å². The van der Waals surface area contributed by atoms with Gasteiger partial charge in [-0.2, -0.15) is 5.10 Å². The zero-order valence-electron chi connectivity index (χ0n) is 11.6. The highest BCUT2D eigenvalue weighted by atomic mass is 32.2. The van der Waals surface area contributed by atoms with E-state index in [1.807, 2.05) is 6.07 Å². The Balaban J connectivity index is 2.25. The van der Waals surface area contributed by atoms with Crippen LogP contribution in [0, 0.1) is 0 Å². The molecular weight excluding hydrogens is 292 g/mol. The number of aromatic nitrogens is 2. The normalized spacial score (nSPS) is 11.5. The molecule has 0 aliphatic carbocycles. The summed E-state index contributed by atoms with van der Waals surface area (Å²) >= 11 is 0. The number of benzene rings is 1. The molecule has 1 N–H and O–H groups in total. The third-order valence-electron chi connectivity index (χ3n) is 3.11. The van der Waals surface area contributed by atoms with E-state index in [2.05, 4.69) is 5.10 Å². The van der Waals surface area contributed by atoms with Gasteiger partial charge in [0, 0.05) is 25.2 Å². The van der Waals surface area contributed by atoms with Crippen LogP contribution in [-0.4, -0.2) is 35.0 Å². The smallest absolute Gasteiger partial charge is 0.303 e. The number of aliphatic carboxylic acids is 1. The molecule has 2 rings (SSSR count). The minimum Gasteiger partial charge on any atom is -0.481 e. The maximum Gasteiger partial charge on any atom is 0.303 e. The molecular formula is C14H16N2O4S. The van der Waals surface area contributed by atoms with E-state index in [9.17, 15) is 13.2 Å². The van der Waals surface area contributed by atoms with Crippen molar-refractivity contribution in [2.45, 2.75) is 17.7 Å². The molecule has 21 heavy (non-hydrogen) atoms.